The maximum absolute atomic E-state index is 12.9. The third-order valence-corrected chi connectivity index (χ3v) is 3.89. The van der Waals surface area contributed by atoms with Crippen molar-refractivity contribution >= 4 is 6.21 Å². The number of hydrogen-bond donors (Lipinski definition) is 1. The second-order valence-electron chi connectivity index (χ2n) is 6.15. The minimum atomic E-state index is -0.865. The predicted octanol–water partition coefficient (Wildman–Crippen LogP) is 2.96. The number of hydrogen-bond acceptors (Lipinski definition) is 5. The Morgan fingerprint density at radius 2 is 1.87 bits per heavy atom. The summed E-state index contributed by atoms with van der Waals surface area (Å²) in [4.78, 5) is 4.27. The van der Waals surface area contributed by atoms with E-state index in [2.05, 4.69) is 15.2 Å². The highest BCUT2D eigenvalue weighted by atomic mass is 19.1. The highest BCUT2D eigenvalue weighted by Crippen LogP contribution is 2.34. The Labute approximate surface area is 133 Å². The minimum Gasteiger partial charge on any atom is -0.438 e. The number of nitrogens with zero attached hydrogens (tertiary/aromatic N) is 3. The van der Waals surface area contributed by atoms with Crippen LogP contribution in [0.4, 0.5) is 4.39 Å². The van der Waals surface area contributed by atoms with Crippen molar-refractivity contribution in [3.63, 3.8) is 0 Å². The molecule has 0 radical (unpaired) electrons. The number of aliphatic imine (C=N–C) groups is 1. The first kappa shape index (κ1) is 15.6. The van der Waals surface area contributed by atoms with Gasteiger partial charge in [-0.3, -0.25) is 4.99 Å². The molecule has 5 nitrogen and oxygen atoms in total. The van der Waals surface area contributed by atoms with Gasteiger partial charge in [0.2, 0.25) is 5.88 Å². The molecule has 0 saturated heterocycles. The molecule has 2 atom stereocenters. The average Bonchev–Trinajstić information content (AvgIpc) is 3.00. The number of halogens is 1. The van der Waals surface area contributed by atoms with Crippen LogP contribution in [0, 0.1) is 11.7 Å². The van der Waals surface area contributed by atoms with E-state index in [-0.39, 0.29) is 17.7 Å². The van der Waals surface area contributed by atoms with E-state index in [1.165, 1.54) is 24.3 Å². The molecule has 0 aliphatic carbocycles. The molecule has 6 heteroatoms. The lowest BCUT2D eigenvalue weighted by Gasteiger charge is -2.28. The predicted molar refractivity (Wildman–Crippen MR) is 84.4 cm³/mol. The topological polar surface area (TPSA) is 67.6 Å². The molecule has 1 aromatic carbocycles. The first-order valence-electron chi connectivity index (χ1n) is 7.43. The minimum absolute atomic E-state index is 0.00220. The van der Waals surface area contributed by atoms with E-state index >= 15 is 0 Å². The number of ether oxygens (including phenoxy) is 1. The highest BCUT2D eigenvalue weighted by Gasteiger charge is 2.37. The summed E-state index contributed by atoms with van der Waals surface area (Å²) in [5.41, 5.74) is -0.101. The van der Waals surface area contributed by atoms with Crippen molar-refractivity contribution < 1.29 is 14.2 Å². The summed E-state index contributed by atoms with van der Waals surface area (Å²) in [6.45, 7) is 4.12. The summed E-state index contributed by atoms with van der Waals surface area (Å²) in [6, 6.07) is 9.23. The van der Waals surface area contributed by atoms with Crippen LogP contribution in [-0.2, 0) is 0 Å². The van der Waals surface area contributed by atoms with E-state index in [4.69, 9.17) is 4.74 Å². The van der Waals surface area contributed by atoms with Gasteiger partial charge in [0.1, 0.15) is 11.6 Å². The number of rotatable bonds is 4. The van der Waals surface area contributed by atoms with Crippen LogP contribution in [0.15, 0.2) is 41.4 Å². The molecule has 2 unspecified atom stereocenters. The van der Waals surface area contributed by atoms with Crippen LogP contribution in [-0.4, -0.2) is 33.7 Å². The van der Waals surface area contributed by atoms with E-state index in [0.717, 1.165) is 5.69 Å². The molecule has 0 amide bonds. The van der Waals surface area contributed by atoms with Crippen LogP contribution >= 0.6 is 0 Å². The van der Waals surface area contributed by atoms with Gasteiger partial charge in [0.25, 0.3) is 0 Å². The fraction of sp³-hybridized carbons (Fsp3) is 0.353. The van der Waals surface area contributed by atoms with Crippen molar-refractivity contribution in [1.82, 2.24) is 10.2 Å². The molecule has 0 saturated carbocycles. The van der Waals surface area contributed by atoms with Crippen molar-refractivity contribution in [3.8, 4) is 11.6 Å². The second kappa shape index (κ2) is 6.04. The van der Waals surface area contributed by atoms with Crippen LogP contribution in [0.5, 0.6) is 11.6 Å². The molecule has 1 N–H and O–H groups in total. The molecule has 2 heterocycles. The number of aliphatic hydroxyl groups is 1. The third kappa shape index (κ3) is 3.53. The Kier molecular flexibility index (Phi) is 4.09. The Balaban J connectivity index is 1.73. The molecular formula is C17H18FN3O2. The van der Waals surface area contributed by atoms with Gasteiger partial charge >= 0.3 is 0 Å². The maximum Gasteiger partial charge on any atom is 0.238 e. The van der Waals surface area contributed by atoms with Gasteiger partial charge in [-0.2, -0.15) is 5.10 Å². The molecule has 1 aliphatic heterocycles. The summed E-state index contributed by atoms with van der Waals surface area (Å²) in [7, 11) is 0. The summed E-state index contributed by atoms with van der Waals surface area (Å²) in [6.07, 6.45) is 1.79. The van der Waals surface area contributed by atoms with E-state index in [1.807, 2.05) is 6.07 Å². The van der Waals surface area contributed by atoms with Gasteiger partial charge in [-0.1, -0.05) is 0 Å². The molecule has 0 spiro atoms. The molecule has 3 rings (SSSR count). The molecule has 0 fully saturated rings. The van der Waals surface area contributed by atoms with Crippen LogP contribution < -0.4 is 4.74 Å². The van der Waals surface area contributed by atoms with Gasteiger partial charge in [0.05, 0.1) is 11.3 Å². The molecular weight excluding hydrogens is 297 g/mol. The van der Waals surface area contributed by atoms with Crippen LogP contribution in [0.2, 0.25) is 0 Å². The monoisotopic (exact) mass is 315 g/mol. The summed E-state index contributed by atoms with van der Waals surface area (Å²) in [5.74, 6) is 0.409. The van der Waals surface area contributed by atoms with E-state index in [9.17, 15) is 9.50 Å². The van der Waals surface area contributed by atoms with Crippen LogP contribution in [0.1, 0.15) is 25.5 Å². The number of aromatic nitrogens is 2. The fourth-order valence-electron chi connectivity index (χ4n) is 2.66. The summed E-state index contributed by atoms with van der Waals surface area (Å²) in [5, 5.41) is 18.5. The van der Waals surface area contributed by atoms with Crippen molar-refractivity contribution in [2.24, 2.45) is 10.9 Å². The second-order valence-corrected chi connectivity index (χ2v) is 6.15. The summed E-state index contributed by atoms with van der Waals surface area (Å²) >= 11 is 0. The smallest absolute Gasteiger partial charge is 0.238 e. The van der Waals surface area contributed by atoms with Crippen molar-refractivity contribution in [2.75, 3.05) is 6.54 Å². The molecule has 2 aromatic rings. The lowest BCUT2D eigenvalue weighted by molar-refractivity contribution is 0.0397. The Bertz CT molecular complexity index is 693. The fourth-order valence-corrected chi connectivity index (χ4v) is 2.66. The SMILES string of the molecule is CC(C)(O)C1C=NCC1c1ccc(Oc2ccc(F)cc2)nn1. The van der Waals surface area contributed by atoms with Gasteiger partial charge in [0, 0.05) is 30.7 Å². The zero-order valence-corrected chi connectivity index (χ0v) is 13.0. The summed E-state index contributed by atoms with van der Waals surface area (Å²) < 4.78 is 18.4. The lowest BCUT2D eigenvalue weighted by atomic mass is 9.81. The largest absolute Gasteiger partial charge is 0.438 e. The first-order chi connectivity index (χ1) is 10.9. The average molecular weight is 315 g/mol. The molecule has 23 heavy (non-hydrogen) atoms. The van der Waals surface area contributed by atoms with E-state index in [1.54, 1.807) is 26.1 Å². The van der Waals surface area contributed by atoms with Crippen molar-refractivity contribution in [3.05, 3.63) is 47.9 Å². The molecule has 120 valence electrons. The Hall–Kier alpha value is -2.34. The zero-order valence-electron chi connectivity index (χ0n) is 13.0. The Morgan fingerprint density at radius 1 is 1.13 bits per heavy atom. The lowest BCUT2D eigenvalue weighted by Crippen LogP contribution is -2.35. The first-order valence-corrected chi connectivity index (χ1v) is 7.43. The zero-order chi connectivity index (χ0) is 16.4. The van der Waals surface area contributed by atoms with Gasteiger partial charge in [-0.05, 0) is 44.2 Å². The van der Waals surface area contributed by atoms with Crippen LogP contribution in [0.25, 0.3) is 0 Å². The Morgan fingerprint density at radius 3 is 2.48 bits per heavy atom. The van der Waals surface area contributed by atoms with Crippen molar-refractivity contribution in [2.45, 2.75) is 25.4 Å². The number of benzene rings is 1. The molecule has 1 aromatic heterocycles. The van der Waals surface area contributed by atoms with E-state index < -0.39 is 5.60 Å². The third-order valence-electron chi connectivity index (χ3n) is 3.89. The standard InChI is InChI=1S/C17H18FN3O2/c1-17(2,22)14-10-19-9-13(14)15-7-8-16(21-20-15)23-12-5-3-11(18)4-6-12/h3-8,10,13-14,22H,9H2,1-2H3. The normalized spacial score (nSPS) is 20.7. The molecule has 1 aliphatic rings. The van der Waals surface area contributed by atoms with Gasteiger partial charge in [0.15, 0.2) is 0 Å². The molecule has 0 bridgehead atoms. The van der Waals surface area contributed by atoms with Gasteiger partial charge < -0.3 is 9.84 Å². The van der Waals surface area contributed by atoms with Gasteiger partial charge in [-0.25, -0.2) is 4.39 Å². The van der Waals surface area contributed by atoms with E-state index in [0.29, 0.717) is 18.2 Å². The maximum atomic E-state index is 12.9. The highest BCUT2D eigenvalue weighted by molar-refractivity contribution is 5.66. The van der Waals surface area contributed by atoms with Gasteiger partial charge in [-0.15, -0.1) is 5.10 Å². The quantitative estimate of drug-likeness (QED) is 0.942. The van der Waals surface area contributed by atoms with Crippen molar-refractivity contribution in [1.29, 1.82) is 0 Å². The van der Waals surface area contributed by atoms with Crippen LogP contribution in [0.3, 0.4) is 0 Å².